The molecule has 6 heteroatoms. The largest absolute Gasteiger partial charge is 0.463 e. The van der Waals surface area contributed by atoms with Gasteiger partial charge in [-0.1, -0.05) is 30.3 Å². The van der Waals surface area contributed by atoms with Crippen molar-refractivity contribution in [1.29, 1.82) is 0 Å². The number of benzene rings is 1. The molecule has 0 saturated heterocycles. The Morgan fingerprint density at radius 3 is 2.48 bits per heavy atom. The Morgan fingerprint density at radius 1 is 1.05 bits per heavy atom. The fourth-order valence-corrected chi connectivity index (χ4v) is 2.69. The Balaban J connectivity index is 0.00000161. The van der Waals surface area contributed by atoms with Crippen LogP contribution in [0.15, 0.2) is 53.1 Å². The third kappa shape index (κ3) is 3.40. The first-order chi connectivity index (χ1) is 9.74. The van der Waals surface area contributed by atoms with Gasteiger partial charge in [0.1, 0.15) is 5.69 Å². The van der Waals surface area contributed by atoms with Crippen LogP contribution in [0.2, 0.25) is 0 Å². The summed E-state index contributed by atoms with van der Waals surface area (Å²) in [6.45, 7) is 0. The highest BCUT2D eigenvalue weighted by Gasteiger charge is 2.15. The Hall–Kier alpha value is -1.93. The van der Waals surface area contributed by atoms with Crippen LogP contribution in [-0.2, 0) is 6.42 Å². The van der Waals surface area contributed by atoms with E-state index in [1.807, 2.05) is 30.3 Å². The second-order valence-electron chi connectivity index (χ2n) is 4.33. The zero-order valence-corrected chi connectivity index (χ0v) is 13.4. The molecule has 1 aromatic carbocycles. The van der Waals surface area contributed by atoms with E-state index < -0.39 is 0 Å². The molecule has 3 rings (SSSR count). The first-order valence-electron chi connectivity index (χ1n) is 6.14. The van der Waals surface area contributed by atoms with Crippen LogP contribution in [0.5, 0.6) is 0 Å². The first-order valence-corrected chi connectivity index (χ1v) is 7.21. The van der Waals surface area contributed by atoms with E-state index in [2.05, 4.69) is 44.7 Å². The zero-order valence-electron chi connectivity index (χ0n) is 11.3. The van der Waals surface area contributed by atoms with E-state index in [0.717, 1.165) is 21.4 Å². The number of furan rings is 1. The molecule has 0 aliphatic heterocycles. The van der Waals surface area contributed by atoms with Gasteiger partial charge in [-0.15, -0.1) is 0 Å². The average Bonchev–Trinajstić information content (AvgIpc) is 2.97. The normalized spacial score (nSPS) is 10.1. The molecule has 108 valence electrons. The smallest absolute Gasteiger partial charge is 0.220 e. The number of hydrogen-bond donors (Lipinski definition) is 2. The standard InChI is InChI=1S/C15H12IN3O.H3N/c16-13-11(9-10-5-2-1-3-6-10)18-15(17)19-14(13)12-7-4-8-20-12;/h1-8H,9H2,(H2,17,18,19);1H3. The summed E-state index contributed by atoms with van der Waals surface area (Å²) >= 11 is 2.24. The zero-order chi connectivity index (χ0) is 13.9. The maximum atomic E-state index is 5.82. The van der Waals surface area contributed by atoms with Gasteiger partial charge in [-0.2, -0.15) is 0 Å². The van der Waals surface area contributed by atoms with Crippen molar-refractivity contribution in [1.82, 2.24) is 16.1 Å². The van der Waals surface area contributed by atoms with Crippen molar-refractivity contribution in [3.05, 3.63) is 63.6 Å². The van der Waals surface area contributed by atoms with E-state index in [0.29, 0.717) is 5.76 Å². The minimum Gasteiger partial charge on any atom is -0.463 e. The minimum atomic E-state index is 0. The predicted octanol–water partition coefficient (Wildman–Crippen LogP) is 3.68. The molecule has 21 heavy (non-hydrogen) atoms. The van der Waals surface area contributed by atoms with E-state index in [1.165, 1.54) is 5.56 Å². The molecule has 0 fully saturated rings. The van der Waals surface area contributed by atoms with Crippen LogP contribution in [0.4, 0.5) is 5.95 Å². The average molecular weight is 394 g/mol. The van der Waals surface area contributed by atoms with Crippen LogP contribution < -0.4 is 11.9 Å². The second-order valence-corrected chi connectivity index (χ2v) is 5.41. The van der Waals surface area contributed by atoms with Crippen molar-refractivity contribution < 1.29 is 4.42 Å². The molecule has 0 spiro atoms. The summed E-state index contributed by atoms with van der Waals surface area (Å²) in [5.41, 5.74) is 8.67. The van der Waals surface area contributed by atoms with Crippen molar-refractivity contribution in [3.8, 4) is 11.5 Å². The molecule has 0 radical (unpaired) electrons. The van der Waals surface area contributed by atoms with E-state index in [4.69, 9.17) is 10.2 Å². The highest BCUT2D eigenvalue weighted by Crippen LogP contribution is 2.27. The van der Waals surface area contributed by atoms with Crippen LogP contribution in [0.25, 0.3) is 11.5 Å². The summed E-state index contributed by atoms with van der Waals surface area (Å²) in [4.78, 5) is 8.64. The molecule has 5 nitrogen and oxygen atoms in total. The van der Waals surface area contributed by atoms with E-state index in [1.54, 1.807) is 6.26 Å². The van der Waals surface area contributed by atoms with Crippen LogP contribution in [-0.4, -0.2) is 9.97 Å². The summed E-state index contributed by atoms with van der Waals surface area (Å²) in [7, 11) is 0. The Labute approximate surface area is 136 Å². The van der Waals surface area contributed by atoms with E-state index >= 15 is 0 Å². The Kier molecular flexibility index (Phi) is 4.92. The lowest BCUT2D eigenvalue weighted by Gasteiger charge is -2.08. The molecule has 0 aliphatic rings. The SMILES string of the molecule is N.Nc1nc(Cc2ccccc2)c(I)c(-c2ccco2)n1. The van der Waals surface area contributed by atoms with E-state index in [-0.39, 0.29) is 12.1 Å². The van der Waals surface area contributed by atoms with Gasteiger partial charge < -0.3 is 16.3 Å². The van der Waals surface area contributed by atoms with Gasteiger partial charge in [-0.3, -0.25) is 0 Å². The fraction of sp³-hybridized carbons (Fsp3) is 0.0667. The number of hydrogen-bond acceptors (Lipinski definition) is 5. The van der Waals surface area contributed by atoms with Crippen molar-refractivity contribution in [3.63, 3.8) is 0 Å². The highest BCUT2D eigenvalue weighted by molar-refractivity contribution is 14.1. The second kappa shape index (κ2) is 6.68. The summed E-state index contributed by atoms with van der Waals surface area (Å²) in [6, 6.07) is 13.9. The lowest BCUT2D eigenvalue weighted by atomic mass is 10.1. The summed E-state index contributed by atoms with van der Waals surface area (Å²) < 4.78 is 6.38. The van der Waals surface area contributed by atoms with Crippen LogP contribution in [0.1, 0.15) is 11.3 Å². The number of anilines is 1. The Morgan fingerprint density at radius 2 is 1.81 bits per heavy atom. The molecule has 0 saturated carbocycles. The van der Waals surface area contributed by atoms with Crippen molar-refractivity contribution in [2.24, 2.45) is 0 Å². The molecule has 0 unspecified atom stereocenters. The fourth-order valence-electron chi connectivity index (χ4n) is 2.00. The number of nitrogens with two attached hydrogens (primary N) is 1. The Bertz CT molecular complexity index is 714. The quantitative estimate of drug-likeness (QED) is 0.661. The maximum Gasteiger partial charge on any atom is 0.220 e. The molecular formula is C15H15IN4O. The van der Waals surface area contributed by atoms with E-state index in [9.17, 15) is 0 Å². The molecule has 2 heterocycles. The molecule has 0 atom stereocenters. The van der Waals surface area contributed by atoms with Crippen LogP contribution in [0.3, 0.4) is 0 Å². The number of nitrogen functional groups attached to an aromatic ring is 1. The van der Waals surface area contributed by atoms with Gasteiger partial charge >= 0.3 is 0 Å². The van der Waals surface area contributed by atoms with Gasteiger partial charge in [0.2, 0.25) is 5.95 Å². The van der Waals surface area contributed by atoms with Crippen LogP contribution in [0, 0.1) is 3.57 Å². The molecule has 3 aromatic rings. The van der Waals surface area contributed by atoms with Gasteiger partial charge in [0.25, 0.3) is 0 Å². The summed E-state index contributed by atoms with van der Waals surface area (Å²) in [5.74, 6) is 0.973. The topological polar surface area (TPSA) is 99.9 Å². The van der Waals surface area contributed by atoms with Gasteiger partial charge in [0, 0.05) is 6.42 Å². The summed E-state index contributed by atoms with van der Waals surface area (Å²) in [6.07, 6.45) is 2.35. The minimum absolute atomic E-state index is 0. The first kappa shape index (κ1) is 15.5. The third-order valence-electron chi connectivity index (χ3n) is 2.91. The van der Waals surface area contributed by atoms with Crippen molar-refractivity contribution in [2.75, 3.05) is 5.73 Å². The number of aromatic nitrogens is 2. The molecule has 0 bridgehead atoms. The number of rotatable bonds is 3. The molecular weight excluding hydrogens is 379 g/mol. The van der Waals surface area contributed by atoms with Crippen molar-refractivity contribution >= 4 is 28.5 Å². The van der Waals surface area contributed by atoms with Gasteiger partial charge in [0.05, 0.1) is 15.5 Å². The predicted molar refractivity (Wildman–Crippen MR) is 91.1 cm³/mol. The lowest BCUT2D eigenvalue weighted by Crippen LogP contribution is -2.05. The lowest BCUT2D eigenvalue weighted by molar-refractivity contribution is 0.579. The maximum absolute atomic E-state index is 5.82. The number of halogens is 1. The van der Waals surface area contributed by atoms with Gasteiger partial charge in [-0.25, -0.2) is 9.97 Å². The number of nitrogens with zero attached hydrogens (tertiary/aromatic N) is 2. The van der Waals surface area contributed by atoms with Crippen LogP contribution >= 0.6 is 22.6 Å². The van der Waals surface area contributed by atoms with Gasteiger partial charge in [0.15, 0.2) is 5.76 Å². The third-order valence-corrected chi connectivity index (χ3v) is 4.04. The molecule has 5 N–H and O–H groups in total. The highest BCUT2D eigenvalue weighted by atomic mass is 127. The molecule has 2 aromatic heterocycles. The molecule has 0 amide bonds. The van der Waals surface area contributed by atoms with Crippen molar-refractivity contribution in [2.45, 2.75) is 6.42 Å². The molecule has 0 aliphatic carbocycles. The van der Waals surface area contributed by atoms with Gasteiger partial charge in [-0.05, 0) is 40.3 Å². The summed E-state index contributed by atoms with van der Waals surface area (Å²) in [5, 5.41) is 0. The monoisotopic (exact) mass is 394 g/mol.